The highest BCUT2D eigenvalue weighted by molar-refractivity contribution is 5.98. The smallest absolute Gasteiger partial charge is 0.326 e. The maximum atomic E-state index is 13.8. The number of hydrogen-bond donors (Lipinski definition) is 12. The maximum absolute atomic E-state index is 13.8. The normalized spacial score (nSPS) is 14.3. The molecule has 0 unspecified atom stereocenters. The molecule has 0 aliphatic carbocycles. The molecule has 1 heterocycles. The van der Waals surface area contributed by atoms with E-state index >= 15 is 0 Å². The van der Waals surface area contributed by atoms with Crippen LogP contribution in [0.5, 0.6) is 5.75 Å². The number of hydrogen-bond acceptors (Lipinski definition) is 11. The van der Waals surface area contributed by atoms with Crippen LogP contribution < -0.4 is 32.3 Å². The third-order valence-corrected chi connectivity index (χ3v) is 8.85. The van der Waals surface area contributed by atoms with E-state index in [1.54, 1.807) is 44.3 Å². The molecule has 1 aromatic heterocycles. The number of carboxylic acids is 3. The van der Waals surface area contributed by atoms with Gasteiger partial charge in [0.25, 0.3) is 0 Å². The summed E-state index contributed by atoms with van der Waals surface area (Å²) in [6, 6.07) is 3.09. The highest BCUT2D eigenvalue weighted by atomic mass is 16.4. The number of aliphatic carboxylic acids is 3. The fourth-order valence-electron chi connectivity index (χ4n) is 5.57. The largest absolute Gasteiger partial charge is 0.508 e. The van der Waals surface area contributed by atoms with Crippen LogP contribution in [0.2, 0.25) is 0 Å². The number of aromatic hydroxyl groups is 1. The number of rotatable bonds is 22. The van der Waals surface area contributed by atoms with Crippen molar-refractivity contribution in [1.82, 2.24) is 31.6 Å². The van der Waals surface area contributed by atoms with Crippen molar-refractivity contribution in [3.63, 3.8) is 0 Å². The Morgan fingerprint density at radius 3 is 1.81 bits per heavy atom. The number of phenols is 1. The quantitative estimate of drug-likeness (QED) is 0.0550. The molecule has 6 atom stereocenters. The van der Waals surface area contributed by atoms with Crippen LogP contribution in [-0.2, 0) is 51.2 Å². The average Bonchev–Trinajstić information content (AvgIpc) is 3.56. The molecule has 0 saturated carbocycles. The summed E-state index contributed by atoms with van der Waals surface area (Å²) < 4.78 is 0. The van der Waals surface area contributed by atoms with Crippen LogP contribution in [0.3, 0.4) is 0 Å². The Hall–Kier alpha value is -6.54. The summed E-state index contributed by atoms with van der Waals surface area (Å²) in [6.45, 7) is 2.33. The van der Waals surface area contributed by atoms with Crippen molar-refractivity contribution in [1.29, 1.82) is 0 Å². The number of amides is 5. The van der Waals surface area contributed by atoms with Crippen molar-refractivity contribution in [2.24, 2.45) is 11.7 Å². The number of carbonyl (C=O) groups excluding carboxylic acids is 5. The monoisotopic (exact) mass is 797 g/mol. The molecule has 20 nitrogen and oxygen atoms in total. The predicted octanol–water partition coefficient (Wildman–Crippen LogP) is -1.52. The van der Waals surface area contributed by atoms with Crippen molar-refractivity contribution >= 4 is 58.3 Å². The molecule has 57 heavy (non-hydrogen) atoms. The van der Waals surface area contributed by atoms with Gasteiger partial charge < -0.3 is 62.8 Å². The van der Waals surface area contributed by atoms with Crippen LogP contribution in [0.25, 0.3) is 10.9 Å². The Bertz CT molecular complexity index is 1930. The van der Waals surface area contributed by atoms with E-state index in [9.17, 15) is 63.9 Å². The second-order valence-electron chi connectivity index (χ2n) is 13.6. The fourth-order valence-corrected chi connectivity index (χ4v) is 5.57. The number of nitrogens with two attached hydrogens (primary N) is 1. The highest BCUT2D eigenvalue weighted by Gasteiger charge is 2.34. The number of H-pyrrole nitrogens is 1. The Balaban J connectivity index is 1.89. The number of fused-ring (bicyclic) bond motifs is 1. The van der Waals surface area contributed by atoms with Gasteiger partial charge in [-0.15, -0.1) is 0 Å². The summed E-state index contributed by atoms with van der Waals surface area (Å²) in [6.07, 6.45) is -1.22. The van der Waals surface area contributed by atoms with Gasteiger partial charge in [-0.1, -0.05) is 44.2 Å². The minimum absolute atomic E-state index is 0.0695. The molecule has 0 fully saturated rings. The van der Waals surface area contributed by atoms with E-state index in [-0.39, 0.29) is 24.5 Å². The molecule has 13 N–H and O–H groups in total. The summed E-state index contributed by atoms with van der Waals surface area (Å²) in [5.74, 6) is -10.1. The number of phenolic OH excluding ortho intramolecular Hbond substituents is 1. The van der Waals surface area contributed by atoms with Crippen molar-refractivity contribution in [3.05, 3.63) is 65.9 Å². The Morgan fingerprint density at radius 2 is 1.21 bits per heavy atom. The Morgan fingerprint density at radius 1 is 0.667 bits per heavy atom. The number of carboxylic acid groups (broad SMARTS) is 3. The summed E-state index contributed by atoms with van der Waals surface area (Å²) in [5, 5.41) is 60.3. The minimum Gasteiger partial charge on any atom is -0.508 e. The van der Waals surface area contributed by atoms with Gasteiger partial charge >= 0.3 is 17.9 Å². The molecule has 308 valence electrons. The highest BCUT2D eigenvalue weighted by Crippen LogP contribution is 2.20. The lowest BCUT2D eigenvalue weighted by Gasteiger charge is -2.26. The first-order valence-corrected chi connectivity index (χ1v) is 17.8. The molecule has 0 bridgehead atoms. The number of aromatic nitrogens is 1. The maximum Gasteiger partial charge on any atom is 0.326 e. The summed E-state index contributed by atoms with van der Waals surface area (Å²) in [5.41, 5.74) is 7.42. The van der Waals surface area contributed by atoms with Crippen LogP contribution in [0.15, 0.2) is 54.7 Å². The van der Waals surface area contributed by atoms with E-state index in [4.69, 9.17) is 5.73 Å². The molecule has 0 saturated heterocycles. The van der Waals surface area contributed by atoms with E-state index in [0.29, 0.717) is 22.0 Å². The van der Waals surface area contributed by atoms with Gasteiger partial charge in [-0.3, -0.25) is 33.6 Å². The third-order valence-electron chi connectivity index (χ3n) is 8.85. The number of aromatic amines is 1. The van der Waals surface area contributed by atoms with Gasteiger partial charge in [0, 0.05) is 36.4 Å². The minimum atomic E-state index is -1.93. The van der Waals surface area contributed by atoms with Crippen molar-refractivity contribution in [3.8, 4) is 5.75 Å². The first kappa shape index (κ1) is 44.9. The number of aliphatic hydroxyl groups excluding tert-OH is 1. The van der Waals surface area contributed by atoms with Gasteiger partial charge in [0.15, 0.2) is 0 Å². The Kier molecular flexibility index (Phi) is 16.5. The summed E-state index contributed by atoms with van der Waals surface area (Å²) >= 11 is 0. The lowest BCUT2D eigenvalue weighted by atomic mass is 10.0. The van der Waals surface area contributed by atoms with Crippen molar-refractivity contribution in [2.75, 3.05) is 6.61 Å². The zero-order valence-electron chi connectivity index (χ0n) is 31.1. The molecule has 3 rings (SSSR count). The number of para-hydroxylation sites is 1. The summed E-state index contributed by atoms with van der Waals surface area (Å²) in [7, 11) is 0. The topological polar surface area (TPSA) is 340 Å². The molecular weight excluding hydrogens is 750 g/mol. The Labute approximate surface area is 325 Å². The average molecular weight is 798 g/mol. The number of benzene rings is 2. The van der Waals surface area contributed by atoms with Gasteiger partial charge in [0.2, 0.25) is 29.5 Å². The van der Waals surface area contributed by atoms with Gasteiger partial charge in [-0.25, -0.2) is 4.79 Å². The molecule has 0 aliphatic rings. The molecule has 2 aromatic carbocycles. The number of carbonyl (C=O) groups is 8. The van der Waals surface area contributed by atoms with Crippen LogP contribution >= 0.6 is 0 Å². The molecule has 0 aliphatic heterocycles. The van der Waals surface area contributed by atoms with Crippen LogP contribution in [0, 0.1) is 5.92 Å². The zero-order valence-corrected chi connectivity index (χ0v) is 31.1. The van der Waals surface area contributed by atoms with Crippen molar-refractivity contribution in [2.45, 2.75) is 82.2 Å². The van der Waals surface area contributed by atoms with Gasteiger partial charge in [0.05, 0.1) is 19.1 Å². The van der Waals surface area contributed by atoms with E-state index in [2.05, 4.69) is 31.6 Å². The molecule has 5 amide bonds. The second-order valence-corrected chi connectivity index (χ2v) is 13.6. The SMILES string of the molecule is CC(C)[C@H](N)C(=O)N[C@@H](CO)C(=O)N[C@@H](CCC(=O)O)C(=O)N[C@@H](CC(=O)O)C(=O)N[C@@H](Cc1c[nH]c2ccccc12)C(=O)N[C@@H](Cc1ccc(O)cc1)C(=O)O. The van der Waals surface area contributed by atoms with Crippen LogP contribution in [0.1, 0.15) is 44.2 Å². The molecule has 0 spiro atoms. The van der Waals surface area contributed by atoms with E-state index < -0.39 is 110 Å². The second kappa shape index (κ2) is 20.9. The first-order chi connectivity index (χ1) is 26.9. The molecule has 0 radical (unpaired) electrons. The van der Waals surface area contributed by atoms with Gasteiger partial charge in [0.1, 0.15) is 36.0 Å². The van der Waals surface area contributed by atoms with Gasteiger partial charge in [-0.2, -0.15) is 0 Å². The zero-order chi connectivity index (χ0) is 42.4. The summed E-state index contributed by atoms with van der Waals surface area (Å²) in [4.78, 5) is 105. The molecule has 3 aromatic rings. The van der Waals surface area contributed by atoms with Gasteiger partial charge in [-0.05, 0) is 41.7 Å². The van der Waals surface area contributed by atoms with E-state index in [1.807, 2.05) is 0 Å². The lowest BCUT2D eigenvalue weighted by Crippen LogP contribution is -2.60. The van der Waals surface area contributed by atoms with Crippen LogP contribution in [-0.4, -0.2) is 121 Å². The van der Waals surface area contributed by atoms with Crippen molar-refractivity contribution < 1.29 is 63.9 Å². The standard InChI is InChI=1S/C37H47N7O13/c1-18(2)31(38)36(55)44-28(17-45)35(54)40-24(11-12-29(47)48)32(51)42-26(15-30(49)50)34(53)41-25(14-20-16-39-23-6-4-3-5-22(20)23)33(52)43-27(37(56)57)13-19-7-9-21(46)10-8-19/h3-10,16,18,24-28,31,39,45-46H,11-15,17,38H2,1-2H3,(H,40,54)(H,41,53)(H,42,51)(H,43,52)(H,44,55)(H,47,48)(H,49,50)(H,56,57)/t24-,25-,26-,27-,28-,31-/m0/s1. The molecule has 20 heteroatoms. The fraction of sp³-hybridized carbons (Fsp3) is 0.405. The first-order valence-electron chi connectivity index (χ1n) is 17.8. The predicted molar refractivity (Wildman–Crippen MR) is 200 cm³/mol. The lowest BCUT2D eigenvalue weighted by molar-refractivity contribution is -0.143. The van der Waals surface area contributed by atoms with E-state index in [1.165, 1.54) is 24.3 Å². The number of nitrogens with one attached hydrogen (secondary N) is 6. The van der Waals surface area contributed by atoms with E-state index in [0.717, 1.165) is 0 Å². The third kappa shape index (κ3) is 13.6. The van der Waals surface area contributed by atoms with Crippen LogP contribution in [0.4, 0.5) is 0 Å². The number of aliphatic hydroxyl groups is 1. The molecular formula is C37H47N7O13.